The van der Waals surface area contributed by atoms with Crippen LogP contribution in [-0.4, -0.2) is 16.9 Å². The molecule has 1 aromatic rings. The molecule has 0 radical (unpaired) electrons. The average Bonchev–Trinajstić information content (AvgIpc) is 2.01. The second-order valence-electron chi connectivity index (χ2n) is 2.38. The van der Waals surface area contributed by atoms with Gasteiger partial charge in [-0.25, -0.2) is 4.79 Å². The van der Waals surface area contributed by atoms with E-state index in [1.54, 1.807) is 12.1 Å². The third-order valence-corrected chi connectivity index (χ3v) is 3.14. The van der Waals surface area contributed by atoms with E-state index in [0.717, 1.165) is 4.47 Å². The summed E-state index contributed by atoms with van der Waals surface area (Å²) in [5.41, 5.74) is 0.112. The summed E-state index contributed by atoms with van der Waals surface area (Å²) in [4.78, 5) is 21.7. The van der Waals surface area contributed by atoms with E-state index in [1.807, 2.05) is 0 Å². The predicted octanol–water partition coefficient (Wildman–Crippen LogP) is 3.24. The summed E-state index contributed by atoms with van der Waals surface area (Å²) in [7, 11) is 0. The van der Waals surface area contributed by atoms with Crippen LogP contribution in [0.5, 0.6) is 0 Å². The van der Waals surface area contributed by atoms with Crippen molar-refractivity contribution in [3.8, 4) is 0 Å². The van der Waals surface area contributed by atoms with Crippen LogP contribution in [-0.2, 0) is 4.79 Å². The fourth-order valence-electron chi connectivity index (χ4n) is 0.866. The van der Waals surface area contributed by atoms with Crippen molar-refractivity contribution in [2.45, 2.75) is 0 Å². The summed E-state index contributed by atoms with van der Waals surface area (Å²) in [6, 6.07) is 3.22. The summed E-state index contributed by atoms with van der Waals surface area (Å²) in [5.74, 6) is -2.43. The first-order chi connectivity index (χ1) is 6.43. The Labute approximate surface area is 105 Å². The molecule has 74 valence electrons. The molecule has 0 bridgehead atoms. The highest BCUT2D eigenvalue weighted by atomic mass is 79.9. The molecule has 0 atom stereocenters. The number of carboxylic acids is 1. The highest BCUT2D eigenvalue weighted by Gasteiger charge is 2.21. The molecule has 6 heteroatoms. The largest absolute Gasteiger partial charge is 0.475 e. The lowest BCUT2D eigenvalue weighted by molar-refractivity contribution is -0.131. The minimum Gasteiger partial charge on any atom is -0.475 e. The van der Waals surface area contributed by atoms with Crippen molar-refractivity contribution in [3.63, 3.8) is 0 Å². The Hall–Kier alpha value is -0.200. The minimum atomic E-state index is -1.48. The number of hydrogen-bond donors (Lipinski definition) is 1. The van der Waals surface area contributed by atoms with Crippen LogP contribution in [0, 0.1) is 0 Å². The molecule has 0 spiro atoms. The maximum Gasteiger partial charge on any atom is 0.377 e. The lowest BCUT2D eigenvalue weighted by Gasteiger charge is -2.04. The summed E-state index contributed by atoms with van der Waals surface area (Å²) >= 11 is 9.46. The van der Waals surface area contributed by atoms with E-state index < -0.39 is 11.8 Å². The predicted molar refractivity (Wildman–Crippen MR) is 61.5 cm³/mol. The first-order valence-electron chi connectivity index (χ1n) is 3.35. The number of rotatable bonds is 2. The molecule has 0 fully saturated rings. The molecule has 0 aliphatic heterocycles. The zero-order chi connectivity index (χ0) is 10.9. The molecule has 0 unspecified atom stereocenters. The van der Waals surface area contributed by atoms with Gasteiger partial charge in [-0.1, -0.05) is 15.9 Å². The molecule has 0 saturated heterocycles. The van der Waals surface area contributed by atoms with Gasteiger partial charge in [0, 0.05) is 13.4 Å². The number of hydrogen-bond acceptors (Lipinski definition) is 2. The Morgan fingerprint density at radius 3 is 1.86 bits per heavy atom. The molecule has 0 aromatic heterocycles. The van der Waals surface area contributed by atoms with Gasteiger partial charge in [0.25, 0.3) is 5.78 Å². The third-order valence-electron chi connectivity index (χ3n) is 1.43. The van der Waals surface area contributed by atoms with Gasteiger partial charge in [-0.2, -0.15) is 0 Å². The van der Waals surface area contributed by atoms with Gasteiger partial charge in [0.15, 0.2) is 0 Å². The SMILES string of the molecule is O=C(O)C(=O)c1c(Br)cc(Br)cc1Br. The van der Waals surface area contributed by atoms with E-state index in [4.69, 9.17) is 5.11 Å². The summed E-state index contributed by atoms with van der Waals surface area (Å²) in [6.07, 6.45) is 0. The Morgan fingerprint density at radius 1 is 1.07 bits per heavy atom. The van der Waals surface area contributed by atoms with Crippen LogP contribution in [0.2, 0.25) is 0 Å². The van der Waals surface area contributed by atoms with Gasteiger partial charge in [0.1, 0.15) is 0 Å². The topological polar surface area (TPSA) is 54.4 Å². The molecule has 1 N–H and O–H groups in total. The smallest absolute Gasteiger partial charge is 0.377 e. The van der Waals surface area contributed by atoms with Crippen LogP contribution in [0.15, 0.2) is 25.6 Å². The second-order valence-corrected chi connectivity index (χ2v) is 5.00. The molecular formula is C8H3Br3O3. The number of benzene rings is 1. The number of ketones is 1. The number of Topliss-reactive ketones (excluding diaryl/α,β-unsaturated/α-hetero) is 1. The van der Waals surface area contributed by atoms with Crippen molar-refractivity contribution >= 4 is 59.5 Å². The monoisotopic (exact) mass is 384 g/mol. The van der Waals surface area contributed by atoms with Gasteiger partial charge in [0.2, 0.25) is 0 Å². The zero-order valence-electron chi connectivity index (χ0n) is 6.55. The van der Waals surface area contributed by atoms with E-state index in [9.17, 15) is 9.59 Å². The Morgan fingerprint density at radius 2 is 1.50 bits per heavy atom. The maximum absolute atomic E-state index is 11.2. The highest BCUT2D eigenvalue weighted by Crippen LogP contribution is 2.30. The molecular weight excluding hydrogens is 384 g/mol. The number of halogens is 3. The quantitative estimate of drug-likeness (QED) is 0.627. The van der Waals surface area contributed by atoms with Gasteiger partial charge in [-0.15, -0.1) is 0 Å². The minimum absolute atomic E-state index is 0.112. The van der Waals surface area contributed by atoms with E-state index in [-0.39, 0.29) is 5.56 Å². The summed E-state index contributed by atoms with van der Waals surface area (Å²) in [5, 5.41) is 8.55. The highest BCUT2D eigenvalue weighted by molar-refractivity contribution is 9.11. The lowest BCUT2D eigenvalue weighted by Crippen LogP contribution is -2.14. The van der Waals surface area contributed by atoms with Crippen LogP contribution in [0.1, 0.15) is 10.4 Å². The number of aliphatic carboxylic acids is 1. The van der Waals surface area contributed by atoms with Crippen LogP contribution in [0.3, 0.4) is 0 Å². The first kappa shape index (κ1) is 11.9. The molecule has 0 aliphatic carbocycles. The molecule has 0 amide bonds. The fraction of sp³-hybridized carbons (Fsp3) is 0. The van der Waals surface area contributed by atoms with Crippen LogP contribution < -0.4 is 0 Å². The first-order valence-corrected chi connectivity index (χ1v) is 5.73. The van der Waals surface area contributed by atoms with Crippen molar-refractivity contribution in [2.75, 3.05) is 0 Å². The Kier molecular flexibility index (Phi) is 3.86. The van der Waals surface area contributed by atoms with Crippen molar-refractivity contribution in [1.29, 1.82) is 0 Å². The molecule has 1 aromatic carbocycles. The number of carboxylic acid groups (broad SMARTS) is 1. The molecule has 0 heterocycles. The van der Waals surface area contributed by atoms with Gasteiger partial charge in [-0.3, -0.25) is 4.79 Å². The average molecular weight is 387 g/mol. The third kappa shape index (κ3) is 2.43. The van der Waals surface area contributed by atoms with Gasteiger partial charge in [-0.05, 0) is 44.0 Å². The van der Waals surface area contributed by atoms with Crippen molar-refractivity contribution in [2.24, 2.45) is 0 Å². The normalized spacial score (nSPS) is 9.93. The standard InChI is InChI=1S/C8H3Br3O3/c9-3-1-4(10)6(5(11)2-3)7(12)8(13)14/h1-2H,(H,13,14). The molecule has 0 aliphatic rings. The summed E-state index contributed by atoms with van der Waals surface area (Å²) < 4.78 is 1.62. The van der Waals surface area contributed by atoms with Crippen LogP contribution >= 0.6 is 47.8 Å². The summed E-state index contributed by atoms with van der Waals surface area (Å²) in [6.45, 7) is 0. The molecule has 14 heavy (non-hydrogen) atoms. The maximum atomic E-state index is 11.2. The van der Waals surface area contributed by atoms with Crippen molar-refractivity contribution in [1.82, 2.24) is 0 Å². The Bertz CT molecular complexity index is 391. The van der Waals surface area contributed by atoms with E-state index in [2.05, 4.69) is 47.8 Å². The van der Waals surface area contributed by atoms with Gasteiger partial charge in [0.05, 0.1) is 5.56 Å². The van der Waals surface area contributed by atoms with Gasteiger partial charge < -0.3 is 5.11 Å². The Balaban J connectivity index is 3.35. The molecule has 3 nitrogen and oxygen atoms in total. The number of carbonyl (C=O) groups excluding carboxylic acids is 1. The second kappa shape index (κ2) is 4.55. The zero-order valence-corrected chi connectivity index (χ0v) is 11.3. The van der Waals surface area contributed by atoms with Crippen molar-refractivity contribution < 1.29 is 14.7 Å². The molecule has 0 saturated carbocycles. The lowest BCUT2D eigenvalue weighted by atomic mass is 10.1. The van der Waals surface area contributed by atoms with E-state index in [0.29, 0.717) is 8.95 Å². The molecule has 1 rings (SSSR count). The van der Waals surface area contributed by atoms with Crippen LogP contribution in [0.4, 0.5) is 0 Å². The number of carbonyl (C=O) groups is 2. The van der Waals surface area contributed by atoms with Crippen molar-refractivity contribution in [3.05, 3.63) is 31.1 Å². The van der Waals surface area contributed by atoms with E-state index >= 15 is 0 Å². The fourth-order valence-corrected chi connectivity index (χ4v) is 3.48. The van der Waals surface area contributed by atoms with E-state index in [1.165, 1.54) is 0 Å². The van der Waals surface area contributed by atoms with Gasteiger partial charge >= 0.3 is 5.97 Å². The van der Waals surface area contributed by atoms with Crippen LogP contribution in [0.25, 0.3) is 0 Å².